The summed E-state index contributed by atoms with van der Waals surface area (Å²) in [6, 6.07) is -0.255. The first-order valence-electron chi connectivity index (χ1n) is 6.91. The van der Waals surface area contributed by atoms with Gasteiger partial charge in [-0.15, -0.1) is 0 Å². The lowest BCUT2D eigenvalue weighted by Crippen LogP contribution is -2.53. The fourth-order valence-corrected chi connectivity index (χ4v) is 4.35. The summed E-state index contributed by atoms with van der Waals surface area (Å²) >= 11 is 2.27. The molecule has 0 aromatic carbocycles. The number of methoxy groups -OCH3 is 1. The second-order valence-corrected chi connectivity index (χ2v) is 6.63. The van der Waals surface area contributed by atoms with E-state index in [1.807, 2.05) is 25.2 Å². The van der Waals surface area contributed by atoms with Crippen LogP contribution >= 0.6 is 22.6 Å². The number of Topliss-reactive ketones (excluding diaryl/α,β-unsaturated/α-hetero) is 1. The van der Waals surface area contributed by atoms with E-state index in [4.69, 9.17) is 9.47 Å². The highest BCUT2D eigenvalue weighted by Crippen LogP contribution is 2.43. The van der Waals surface area contributed by atoms with Crippen molar-refractivity contribution >= 4 is 34.5 Å². The summed E-state index contributed by atoms with van der Waals surface area (Å²) in [4.78, 5) is 26.5. The van der Waals surface area contributed by atoms with Crippen LogP contribution in [-0.4, -0.2) is 40.0 Å². The molecule has 4 atom stereocenters. The van der Waals surface area contributed by atoms with Gasteiger partial charge in [-0.2, -0.15) is 0 Å². The number of carbonyl (C=O) groups is 2. The monoisotopic (exact) mass is 401 g/mol. The topological polar surface area (TPSA) is 55.8 Å². The molecule has 0 unspecified atom stereocenters. The summed E-state index contributed by atoms with van der Waals surface area (Å²) in [5.41, 5.74) is 0.509. The summed E-state index contributed by atoms with van der Waals surface area (Å²) in [5, 5.41) is 0. The van der Waals surface area contributed by atoms with E-state index in [0.717, 1.165) is 0 Å². The summed E-state index contributed by atoms with van der Waals surface area (Å²) in [6.07, 6.45) is 7.38. The van der Waals surface area contributed by atoms with Gasteiger partial charge in [-0.3, -0.25) is 9.69 Å². The van der Waals surface area contributed by atoms with Crippen LogP contribution in [0, 0.1) is 5.92 Å². The van der Waals surface area contributed by atoms with Crippen molar-refractivity contribution in [2.75, 3.05) is 7.11 Å². The molecule has 0 aliphatic carbocycles. The number of fused-ring (bicyclic) bond motifs is 1. The highest BCUT2D eigenvalue weighted by molar-refractivity contribution is 14.1. The predicted octanol–water partition coefficient (Wildman–Crippen LogP) is 2.57. The molecule has 4 heterocycles. The highest BCUT2D eigenvalue weighted by atomic mass is 127. The molecule has 1 amide bonds. The molecule has 0 aromatic rings. The molecule has 0 radical (unpaired) electrons. The van der Waals surface area contributed by atoms with Crippen molar-refractivity contribution in [2.45, 2.75) is 29.4 Å². The molecular weight excluding hydrogens is 385 g/mol. The van der Waals surface area contributed by atoms with E-state index in [2.05, 4.69) is 22.6 Å². The number of carbonyl (C=O) groups excluding carboxylic acids is 2. The second-order valence-electron chi connectivity index (χ2n) is 5.19. The van der Waals surface area contributed by atoms with Crippen LogP contribution < -0.4 is 0 Å². The lowest BCUT2D eigenvalue weighted by atomic mass is 9.84. The number of hydrogen-bond donors (Lipinski definition) is 0. The minimum absolute atomic E-state index is 0.0123. The van der Waals surface area contributed by atoms with Crippen LogP contribution in [0.4, 0.5) is 4.79 Å². The molecule has 0 saturated carbocycles. The lowest BCUT2D eigenvalue weighted by molar-refractivity contribution is -0.124. The molecule has 5 nitrogen and oxygen atoms in total. The predicted molar refractivity (Wildman–Crippen MR) is 84.8 cm³/mol. The molecular formula is C15H16INO4. The number of hydrogen-bond acceptors (Lipinski definition) is 4. The zero-order chi connectivity index (χ0) is 15.1. The fraction of sp³-hybridized carbons (Fsp3) is 0.467. The van der Waals surface area contributed by atoms with Crippen LogP contribution in [0.2, 0.25) is 0 Å². The van der Waals surface area contributed by atoms with Crippen molar-refractivity contribution in [2.24, 2.45) is 5.92 Å². The average Bonchev–Trinajstić information content (AvgIpc) is 2.60. The van der Waals surface area contributed by atoms with Crippen molar-refractivity contribution in [3.63, 3.8) is 0 Å². The Balaban J connectivity index is 2.23. The quantitative estimate of drug-likeness (QED) is 0.501. The Bertz CT molecular complexity index is 580. The third kappa shape index (κ3) is 2.11. The Morgan fingerprint density at radius 2 is 2.24 bits per heavy atom. The summed E-state index contributed by atoms with van der Waals surface area (Å²) in [6.45, 7) is 1.96. The Morgan fingerprint density at radius 1 is 1.48 bits per heavy atom. The van der Waals surface area contributed by atoms with Gasteiger partial charge in [-0.25, -0.2) is 4.79 Å². The van der Waals surface area contributed by atoms with Crippen LogP contribution in [0.1, 0.15) is 13.3 Å². The van der Waals surface area contributed by atoms with Crippen LogP contribution in [0.3, 0.4) is 0 Å². The van der Waals surface area contributed by atoms with Gasteiger partial charge in [-0.05, 0) is 18.6 Å². The van der Waals surface area contributed by atoms with Crippen molar-refractivity contribution < 1.29 is 19.1 Å². The number of ketones is 1. The SMILES string of the molecule is CC[C@H]1C(=O)C2=C3/C=C\C=C/[C@H](O2)[C@H](I)[C@H]1N3C(=O)OC. The fourth-order valence-electron chi connectivity index (χ4n) is 3.14. The number of halogens is 1. The third-order valence-corrected chi connectivity index (χ3v) is 5.58. The first kappa shape index (κ1) is 14.6. The molecule has 4 aliphatic rings. The van der Waals surface area contributed by atoms with Crippen molar-refractivity contribution in [1.29, 1.82) is 0 Å². The molecule has 1 saturated heterocycles. The van der Waals surface area contributed by atoms with Gasteiger partial charge in [0.1, 0.15) is 6.10 Å². The summed E-state index contributed by atoms with van der Waals surface area (Å²) < 4.78 is 10.8. The van der Waals surface area contributed by atoms with E-state index in [9.17, 15) is 9.59 Å². The Kier molecular flexibility index (Phi) is 3.81. The second kappa shape index (κ2) is 5.47. The molecule has 0 spiro atoms. The molecule has 4 bridgehead atoms. The van der Waals surface area contributed by atoms with Gasteiger partial charge in [0, 0.05) is 5.92 Å². The summed E-state index contributed by atoms with van der Waals surface area (Å²) in [5.74, 6) is 0.0182. The van der Waals surface area contributed by atoms with Gasteiger partial charge in [-0.1, -0.05) is 41.7 Å². The van der Waals surface area contributed by atoms with Crippen LogP contribution in [-0.2, 0) is 14.3 Å². The van der Waals surface area contributed by atoms with Crippen molar-refractivity contribution in [3.8, 4) is 0 Å². The van der Waals surface area contributed by atoms with Crippen LogP contribution in [0.25, 0.3) is 0 Å². The molecule has 1 fully saturated rings. The first-order chi connectivity index (χ1) is 10.1. The van der Waals surface area contributed by atoms with E-state index < -0.39 is 6.09 Å². The van der Waals surface area contributed by atoms with Gasteiger partial charge < -0.3 is 9.47 Å². The minimum Gasteiger partial charge on any atom is -0.479 e. The molecule has 4 aliphatic heterocycles. The maximum Gasteiger partial charge on any atom is 0.414 e. The smallest absolute Gasteiger partial charge is 0.414 e. The van der Waals surface area contributed by atoms with Crippen molar-refractivity contribution in [3.05, 3.63) is 35.8 Å². The zero-order valence-corrected chi connectivity index (χ0v) is 13.9. The molecule has 0 N–H and O–H groups in total. The standard InChI is InChI=1S/C15H16INO4/c1-3-8-12-11(16)10-7-5-4-6-9(14(21-10)13(8)18)17(12)15(19)20-2/h4-8,10-12H,3H2,1-2H3/b6-4-,7-5-/t8-,10+,11+,12+/m1/s1. The van der Waals surface area contributed by atoms with Gasteiger partial charge in [0.2, 0.25) is 5.78 Å². The number of amides is 1. The molecule has 0 aromatic heterocycles. The minimum atomic E-state index is -0.448. The van der Waals surface area contributed by atoms with E-state index in [1.165, 1.54) is 7.11 Å². The average molecular weight is 401 g/mol. The van der Waals surface area contributed by atoms with Crippen LogP contribution in [0.15, 0.2) is 35.8 Å². The largest absolute Gasteiger partial charge is 0.479 e. The number of allylic oxidation sites excluding steroid dienone is 4. The number of rotatable bonds is 1. The summed E-state index contributed by atoms with van der Waals surface area (Å²) in [7, 11) is 1.36. The Labute approximate surface area is 136 Å². The maximum atomic E-state index is 12.7. The Hall–Kier alpha value is -1.31. The van der Waals surface area contributed by atoms with Gasteiger partial charge >= 0.3 is 6.09 Å². The number of nitrogens with zero attached hydrogens (tertiary/aromatic N) is 1. The highest BCUT2D eigenvalue weighted by Gasteiger charge is 2.52. The zero-order valence-electron chi connectivity index (χ0n) is 11.8. The number of alkyl halides is 1. The maximum absolute atomic E-state index is 12.7. The molecule has 6 heteroatoms. The van der Waals surface area contributed by atoms with E-state index >= 15 is 0 Å². The van der Waals surface area contributed by atoms with E-state index in [1.54, 1.807) is 11.0 Å². The lowest BCUT2D eigenvalue weighted by Gasteiger charge is -2.39. The van der Waals surface area contributed by atoms with E-state index in [0.29, 0.717) is 12.1 Å². The van der Waals surface area contributed by atoms with Crippen LogP contribution in [0.5, 0.6) is 0 Å². The van der Waals surface area contributed by atoms with Gasteiger partial charge in [0.15, 0.2) is 5.76 Å². The van der Waals surface area contributed by atoms with E-state index in [-0.39, 0.29) is 33.5 Å². The molecule has 112 valence electrons. The molecule has 4 rings (SSSR count). The normalized spacial score (nSPS) is 36.7. The van der Waals surface area contributed by atoms with Gasteiger partial charge in [0.25, 0.3) is 0 Å². The van der Waals surface area contributed by atoms with Gasteiger partial charge in [0.05, 0.1) is 22.8 Å². The van der Waals surface area contributed by atoms with Crippen molar-refractivity contribution in [1.82, 2.24) is 4.90 Å². The first-order valence-corrected chi connectivity index (χ1v) is 8.16. The number of ether oxygens (including phenoxy) is 2. The Morgan fingerprint density at radius 3 is 2.90 bits per heavy atom. The third-order valence-electron chi connectivity index (χ3n) is 4.13. The molecule has 21 heavy (non-hydrogen) atoms.